The number of anilines is 1. The summed E-state index contributed by atoms with van der Waals surface area (Å²) < 4.78 is 13.0. The lowest BCUT2D eigenvalue weighted by Gasteiger charge is -2.17. The number of rotatable bonds is 4. The monoisotopic (exact) mass is 391 g/mol. The molecule has 0 radical (unpaired) electrons. The van der Waals surface area contributed by atoms with E-state index in [1.165, 1.54) is 0 Å². The Hall–Kier alpha value is -3.35. The van der Waals surface area contributed by atoms with Crippen LogP contribution in [-0.2, 0) is 11.2 Å². The zero-order valence-corrected chi connectivity index (χ0v) is 16.2. The number of likely N-dealkylation sites (tertiary alicyclic amines) is 1. The van der Waals surface area contributed by atoms with Gasteiger partial charge in [0.2, 0.25) is 5.91 Å². The number of carbonyl (C=O) groups is 1. The minimum Gasteiger partial charge on any atom is -0.397 e. The van der Waals surface area contributed by atoms with Crippen molar-refractivity contribution in [3.8, 4) is 11.3 Å². The number of hydrogen-bond donors (Lipinski definition) is 1. The molecule has 3 heterocycles. The molecule has 1 fully saturated rings. The van der Waals surface area contributed by atoms with Crippen molar-refractivity contribution in [2.75, 3.05) is 18.8 Å². The molecule has 7 heteroatoms. The molecule has 0 bridgehead atoms. The first-order valence-corrected chi connectivity index (χ1v) is 9.58. The van der Waals surface area contributed by atoms with Crippen LogP contribution >= 0.6 is 0 Å². The highest BCUT2D eigenvalue weighted by Crippen LogP contribution is 2.27. The molecule has 148 valence electrons. The number of hydrogen-bond acceptors (Lipinski definition) is 5. The molecular formula is C22H22FN5O. The molecule has 3 aromatic rings. The fourth-order valence-electron chi connectivity index (χ4n) is 3.65. The number of nitrogen functional groups attached to an aromatic ring is 1. The Balaban J connectivity index is 1.48. The molecule has 1 aliphatic rings. The molecule has 0 spiro atoms. The van der Waals surface area contributed by atoms with Gasteiger partial charge in [-0.15, -0.1) is 0 Å². The van der Waals surface area contributed by atoms with Gasteiger partial charge in [-0.2, -0.15) is 0 Å². The Morgan fingerprint density at radius 1 is 1.21 bits per heavy atom. The molecule has 2 aromatic heterocycles. The molecule has 1 atom stereocenters. The maximum Gasteiger partial charge on any atom is 0.228 e. The van der Waals surface area contributed by atoms with E-state index >= 15 is 0 Å². The van der Waals surface area contributed by atoms with Crippen molar-refractivity contribution in [2.24, 2.45) is 0 Å². The second-order valence-electron chi connectivity index (χ2n) is 7.31. The third kappa shape index (κ3) is 4.08. The van der Waals surface area contributed by atoms with Gasteiger partial charge in [0, 0.05) is 24.6 Å². The fraction of sp³-hybridized carbons (Fsp3) is 0.273. The van der Waals surface area contributed by atoms with Gasteiger partial charge in [0.25, 0.3) is 0 Å². The summed E-state index contributed by atoms with van der Waals surface area (Å²) in [4.78, 5) is 27.4. The average Bonchev–Trinajstić information content (AvgIpc) is 3.21. The first kappa shape index (κ1) is 19.0. The van der Waals surface area contributed by atoms with Crippen LogP contribution in [-0.4, -0.2) is 38.8 Å². The molecule has 0 aliphatic carbocycles. The first-order valence-electron chi connectivity index (χ1n) is 9.58. The van der Waals surface area contributed by atoms with E-state index in [2.05, 4.69) is 15.0 Å². The van der Waals surface area contributed by atoms with Crippen molar-refractivity contribution in [1.29, 1.82) is 0 Å². The first-order chi connectivity index (χ1) is 14.0. The van der Waals surface area contributed by atoms with Crippen LogP contribution in [0.4, 0.5) is 10.1 Å². The van der Waals surface area contributed by atoms with Crippen molar-refractivity contribution < 1.29 is 9.18 Å². The molecule has 0 saturated carbocycles. The van der Waals surface area contributed by atoms with E-state index in [0.29, 0.717) is 30.3 Å². The zero-order chi connectivity index (χ0) is 20.4. The predicted octanol–water partition coefficient (Wildman–Crippen LogP) is 3.13. The normalized spacial score (nSPS) is 16.2. The van der Waals surface area contributed by atoms with Gasteiger partial charge in [-0.25, -0.2) is 14.4 Å². The van der Waals surface area contributed by atoms with Gasteiger partial charge in [-0.3, -0.25) is 9.78 Å². The summed E-state index contributed by atoms with van der Waals surface area (Å²) >= 11 is 0. The Bertz CT molecular complexity index is 1040. The van der Waals surface area contributed by atoms with Crippen LogP contribution < -0.4 is 5.73 Å². The van der Waals surface area contributed by atoms with Crippen molar-refractivity contribution in [1.82, 2.24) is 19.9 Å². The maximum absolute atomic E-state index is 13.0. The van der Waals surface area contributed by atoms with E-state index in [1.54, 1.807) is 11.0 Å². The van der Waals surface area contributed by atoms with Crippen molar-refractivity contribution in [3.05, 3.63) is 71.7 Å². The van der Waals surface area contributed by atoms with Crippen LogP contribution in [0.1, 0.15) is 29.4 Å². The number of amides is 1. The Kier molecular flexibility index (Phi) is 5.20. The van der Waals surface area contributed by atoms with Gasteiger partial charge in [0.05, 0.1) is 35.9 Å². The number of benzene rings is 1. The third-order valence-electron chi connectivity index (χ3n) is 5.30. The number of aryl methyl sites for hydroxylation is 1. The summed E-state index contributed by atoms with van der Waals surface area (Å²) in [7, 11) is 0. The summed E-state index contributed by atoms with van der Waals surface area (Å²) in [5.74, 6) is 0.0922. The molecular weight excluding hydrogens is 369 g/mol. The largest absolute Gasteiger partial charge is 0.397 e. The lowest BCUT2D eigenvalue weighted by molar-refractivity contribution is -0.129. The smallest absolute Gasteiger partial charge is 0.228 e. The van der Waals surface area contributed by atoms with E-state index in [-0.39, 0.29) is 18.2 Å². The summed E-state index contributed by atoms with van der Waals surface area (Å²) in [5.41, 5.74) is 10.1. The highest BCUT2D eigenvalue weighted by Gasteiger charge is 2.29. The van der Waals surface area contributed by atoms with Crippen LogP contribution in [0.2, 0.25) is 0 Å². The minimum absolute atomic E-state index is 0.0168. The molecule has 2 N–H and O–H groups in total. The van der Waals surface area contributed by atoms with Crippen LogP contribution in [0.5, 0.6) is 0 Å². The number of pyridine rings is 1. The predicted molar refractivity (Wildman–Crippen MR) is 108 cm³/mol. The Morgan fingerprint density at radius 3 is 2.72 bits per heavy atom. The highest BCUT2D eigenvalue weighted by molar-refractivity contribution is 5.80. The van der Waals surface area contributed by atoms with Gasteiger partial charge in [-0.05, 0) is 31.0 Å². The molecule has 1 aliphatic heterocycles. The maximum atomic E-state index is 13.0. The third-order valence-corrected chi connectivity index (χ3v) is 5.30. The topological polar surface area (TPSA) is 85.0 Å². The van der Waals surface area contributed by atoms with Gasteiger partial charge in [-0.1, -0.05) is 24.3 Å². The minimum atomic E-state index is -0.463. The number of aromatic nitrogens is 3. The van der Waals surface area contributed by atoms with E-state index in [1.807, 2.05) is 37.3 Å². The summed E-state index contributed by atoms with van der Waals surface area (Å²) in [6.07, 6.45) is 3.22. The van der Waals surface area contributed by atoms with Crippen molar-refractivity contribution in [2.45, 2.75) is 25.7 Å². The molecule has 29 heavy (non-hydrogen) atoms. The Morgan fingerprint density at radius 2 is 1.97 bits per heavy atom. The van der Waals surface area contributed by atoms with Crippen LogP contribution in [0.15, 0.2) is 48.8 Å². The average molecular weight is 391 g/mol. The van der Waals surface area contributed by atoms with Gasteiger partial charge < -0.3 is 10.6 Å². The quantitative estimate of drug-likeness (QED) is 0.739. The zero-order valence-electron chi connectivity index (χ0n) is 16.2. The molecule has 1 saturated heterocycles. The van der Waals surface area contributed by atoms with E-state index in [4.69, 9.17) is 5.73 Å². The van der Waals surface area contributed by atoms with Crippen LogP contribution in [0.3, 0.4) is 0 Å². The number of nitrogens with zero attached hydrogens (tertiary/aromatic N) is 4. The highest BCUT2D eigenvalue weighted by atomic mass is 19.1. The van der Waals surface area contributed by atoms with Crippen molar-refractivity contribution in [3.63, 3.8) is 0 Å². The van der Waals surface area contributed by atoms with E-state index < -0.39 is 5.82 Å². The van der Waals surface area contributed by atoms with E-state index in [0.717, 1.165) is 35.6 Å². The molecule has 1 unspecified atom stereocenters. The molecule has 6 nitrogen and oxygen atoms in total. The van der Waals surface area contributed by atoms with Crippen LogP contribution in [0.25, 0.3) is 11.3 Å². The summed E-state index contributed by atoms with van der Waals surface area (Å²) in [6, 6.07) is 11.7. The number of halogens is 1. The van der Waals surface area contributed by atoms with Gasteiger partial charge in [0.15, 0.2) is 5.82 Å². The Labute approximate surface area is 168 Å². The van der Waals surface area contributed by atoms with Gasteiger partial charge in [0.1, 0.15) is 5.82 Å². The van der Waals surface area contributed by atoms with Crippen LogP contribution in [0, 0.1) is 12.7 Å². The van der Waals surface area contributed by atoms with Crippen molar-refractivity contribution >= 4 is 11.6 Å². The fourth-order valence-corrected chi connectivity index (χ4v) is 3.65. The second-order valence-corrected chi connectivity index (χ2v) is 7.31. The van der Waals surface area contributed by atoms with E-state index in [9.17, 15) is 9.18 Å². The standard InChI is InChI=1S/C22H22FN5O/c1-14-4-2-3-5-17(14)19-7-6-18(24)20(27-19)10-21(29)28-9-8-15(13-28)22-25-11-16(23)12-26-22/h2-7,11-12,15H,8-10,13,24H2,1H3. The van der Waals surface area contributed by atoms with Gasteiger partial charge >= 0.3 is 0 Å². The molecule has 4 rings (SSSR count). The molecule has 1 aromatic carbocycles. The lowest BCUT2D eigenvalue weighted by Crippen LogP contribution is -2.30. The lowest BCUT2D eigenvalue weighted by atomic mass is 10.0. The summed E-state index contributed by atoms with van der Waals surface area (Å²) in [6.45, 7) is 3.16. The number of nitrogens with two attached hydrogens (primary N) is 1. The second kappa shape index (κ2) is 7.95. The number of carbonyl (C=O) groups excluding carboxylic acids is 1. The molecule has 1 amide bonds. The SMILES string of the molecule is Cc1ccccc1-c1ccc(N)c(CC(=O)N2CCC(c3ncc(F)cn3)C2)n1. The summed E-state index contributed by atoms with van der Waals surface area (Å²) in [5, 5.41) is 0.